The van der Waals surface area contributed by atoms with Crippen LogP contribution in [0.1, 0.15) is 39.5 Å². The zero-order valence-corrected chi connectivity index (χ0v) is 10.3. The van der Waals surface area contributed by atoms with Gasteiger partial charge in [0, 0.05) is 12.8 Å². The van der Waals surface area contributed by atoms with E-state index in [-0.39, 0.29) is 0 Å². The van der Waals surface area contributed by atoms with Crippen molar-refractivity contribution in [2.45, 2.75) is 51.1 Å². The van der Waals surface area contributed by atoms with Gasteiger partial charge in [-0.15, -0.1) is 0 Å². The van der Waals surface area contributed by atoms with E-state index in [0.29, 0.717) is 26.4 Å². The summed E-state index contributed by atoms with van der Waals surface area (Å²) in [6, 6.07) is 0. The molecule has 0 atom stereocenters. The van der Waals surface area contributed by atoms with E-state index in [0.717, 1.165) is 25.7 Å². The van der Waals surface area contributed by atoms with Crippen LogP contribution in [0.25, 0.3) is 0 Å². The molecule has 0 spiro atoms. The lowest BCUT2D eigenvalue weighted by Crippen LogP contribution is -2.36. The molecule has 2 rings (SSSR count). The topological polar surface area (TPSA) is 36.9 Å². The van der Waals surface area contributed by atoms with Gasteiger partial charge in [-0.1, -0.05) is 13.8 Å². The largest absolute Gasteiger partial charge is 0.348 e. The quantitative estimate of drug-likeness (QED) is 0.724. The van der Waals surface area contributed by atoms with E-state index < -0.39 is 11.6 Å². The van der Waals surface area contributed by atoms with Crippen molar-refractivity contribution in [3.05, 3.63) is 0 Å². The molecule has 0 N–H and O–H groups in total. The fourth-order valence-electron chi connectivity index (χ4n) is 2.43. The third-order valence-corrected chi connectivity index (χ3v) is 3.59. The maximum atomic E-state index is 5.71. The van der Waals surface area contributed by atoms with Crippen LogP contribution in [0.2, 0.25) is 0 Å². The molecular weight excluding hydrogens is 208 g/mol. The van der Waals surface area contributed by atoms with Crippen LogP contribution in [0.3, 0.4) is 0 Å². The standard InChI is InChI=1S/C12H22O4/c1-3-11(13-7-8-14-11)5-6-12(4-2)15-9-10-16-12/h3-10H2,1-2H3. The molecule has 2 fully saturated rings. The monoisotopic (exact) mass is 230 g/mol. The van der Waals surface area contributed by atoms with Gasteiger partial charge >= 0.3 is 0 Å². The van der Waals surface area contributed by atoms with E-state index in [4.69, 9.17) is 18.9 Å². The molecule has 4 heteroatoms. The second-order valence-electron chi connectivity index (χ2n) is 4.42. The SMILES string of the molecule is CCC1(CCC2(CC)OCCO2)OCCO1. The molecule has 2 heterocycles. The molecule has 2 aliphatic rings. The van der Waals surface area contributed by atoms with Crippen LogP contribution < -0.4 is 0 Å². The lowest BCUT2D eigenvalue weighted by Gasteiger charge is -2.32. The van der Waals surface area contributed by atoms with Crippen molar-refractivity contribution < 1.29 is 18.9 Å². The average Bonchev–Trinajstić information content (AvgIpc) is 2.97. The Morgan fingerprint density at radius 1 is 0.688 bits per heavy atom. The van der Waals surface area contributed by atoms with Crippen molar-refractivity contribution >= 4 is 0 Å². The Morgan fingerprint density at radius 3 is 1.25 bits per heavy atom. The summed E-state index contributed by atoms with van der Waals surface area (Å²) < 4.78 is 22.8. The van der Waals surface area contributed by atoms with Crippen LogP contribution in [0.4, 0.5) is 0 Å². The summed E-state index contributed by atoms with van der Waals surface area (Å²) >= 11 is 0. The van der Waals surface area contributed by atoms with Crippen LogP contribution >= 0.6 is 0 Å². The van der Waals surface area contributed by atoms with Gasteiger partial charge in [-0.25, -0.2) is 0 Å². The van der Waals surface area contributed by atoms with E-state index in [1.165, 1.54) is 0 Å². The molecule has 0 radical (unpaired) electrons. The van der Waals surface area contributed by atoms with Gasteiger partial charge in [-0.2, -0.15) is 0 Å². The van der Waals surface area contributed by atoms with Crippen molar-refractivity contribution in [3.63, 3.8) is 0 Å². The Bertz CT molecular complexity index is 193. The predicted molar refractivity (Wildman–Crippen MR) is 59.1 cm³/mol. The highest BCUT2D eigenvalue weighted by Crippen LogP contribution is 2.35. The minimum absolute atomic E-state index is 0.391. The van der Waals surface area contributed by atoms with E-state index in [9.17, 15) is 0 Å². The molecule has 0 amide bonds. The Labute approximate surface area is 97.2 Å². The summed E-state index contributed by atoms with van der Waals surface area (Å²) in [5.41, 5.74) is 0. The molecule has 2 aliphatic heterocycles. The lowest BCUT2D eigenvalue weighted by atomic mass is 10.0. The highest BCUT2D eigenvalue weighted by atomic mass is 16.7. The summed E-state index contributed by atoms with van der Waals surface area (Å²) in [4.78, 5) is 0. The van der Waals surface area contributed by atoms with Gasteiger partial charge in [-0.05, 0) is 12.8 Å². The highest BCUT2D eigenvalue weighted by Gasteiger charge is 2.41. The Kier molecular flexibility index (Phi) is 3.85. The second kappa shape index (κ2) is 5.00. The molecule has 0 bridgehead atoms. The first-order valence-electron chi connectivity index (χ1n) is 6.30. The fraction of sp³-hybridized carbons (Fsp3) is 1.00. The van der Waals surface area contributed by atoms with Crippen LogP contribution in [-0.2, 0) is 18.9 Å². The van der Waals surface area contributed by atoms with Crippen LogP contribution in [0.5, 0.6) is 0 Å². The zero-order chi connectivity index (χ0) is 11.5. The zero-order valence-electron chi connectivity index (χ0n) is 10.3. The van der Waals surface area contributed by atoms with E-state index in [1.807, 2.05) is 0 Å². The number of hydrogen-bond acceptors (Lipinski definition) is 4. The van der Waals surface area contributed by atoms with Crippen molar-refractivity contribution in [1.29, 1.82) is 0 Å². The van der Waals surface area contributed by atoms with Crippen LogP contribution in [0.15, 0.2) is 0 Å². The van der Waals surface area contributed by atoms with Crippen LogP contribution in [-0.4, -0.2) is 38.0 Å². The number of hydrogen-bond donors (Lipinski definition) is 0. The third-order valence-electron chi connectivity index (χ3n) is 3.59. The second-order valence-corrected chi connectivity index (χ2v) is 4.42. The Hall–Kier alpha value is -0.160. The van der Waals surface area contributed by atoms with Gasteiger partial charge in [0.25, 0.3) is 0 Å². The molecule has 2 saturated heterocycles. The minimum atomic E-state index is -0.391. The van der Waals surface area contributed by atoms with Crippen molar-refractivity contribution in [1.82, 2.24) is 0 Å². The van der Waals surface area contributed by atoms with Gasteiger partial charge in [0.15, 0.2) is 11.6 Å². The molecule has 0 saturated carbocycles. The van der Waals surface area contributed by atoms with E-state index in [1.54, 1.807) is 0 Å². The molecule has 0 aromatic carbocycles. The number of rotatable bonds is 5. The first-order valence-corrected chi connectivity index (χ1v) is 6.30. The molecule has 0 unspecified atom stereocenters. The summed E-state index contributed by atoms with van der Waals surface area (Å²) in [6.07, 6.45) is 3.45. The highest BCUT2D eigenvalue weighted by molar-refractivity contribution is 4.79. The van der Waals surface area contributed by atoms with Crippen molar-refractivity contribution in [2.75, 3.05) is 26.4 Å². The molecule has 4 nitrogen and oxygen atoms in total. The Balaban J connectivity index is 1.89. The molecule has 16 heavy (non-hydrogen) atoms. The van der Waals surface area contributed by atoms with Crippen LogP contribution in [0, 0.1) is 0 Å². The first kappa shape index (κ1) is 12.3. The van der Waals surface area contributed by atoms with Gasteiger partial charge in [0.2, 0.25) is 0 Å². The van der Waals surface area contributed by atoms with Gasteiger partial charge in [0.1, 0.15) is 0 Å². The fourth-order valence-corrected chi connectivity index (χ4v) is 2.43. The molecule has 0 aliphatic carbocycles. The summed E-state index contributed by atoms with van der Waals surface area (Å²) in [7, 11) is 0. The summed E-state index contributed by atoms with van der Waals surface area (Å²) in [5.74, 6) is -0.783. The van der Waals surface area contributed by atoms with Gasteiger partial charge < -0.3 is 18.9 Å². The minimum Gasteiger partial charge on any atom is -0.348 e. The number of ether oxygens (including phenoxy) is 4. The Morgan fingerprint density at radius 2 is 1.00 bits per heavy atom. The maximum absolute atomic E-state index is 5.71. The van der Waals surface area contributed by atoms with Gasteiger partial charge in [-0.3, -0.25) is 0 Å². The predicted octanol–water partition coefficient (Wildman–Crippen LogP) is 2.07. The average molecular weight is 230 g/mol. The molecule has 94 valence electrons. The first-order chi connectivity index (χ1) is 7.74. The summed E-state index contributed by atoms with van der Waals surface area (Å²) in [5, 5.41) is 0. The van der Waals surface area contributed by atoms with Crippen molar-refractivity contribution in [2.24, 2.45) is 0 Å². The van der Waals surface area contributed by atoms with Crippen molar-refractivity contribution in [3.8, 4) is 0 Å². The lowest BCUT2D eigenvalue weighted by molar-refractivity contribution is -0.205. The maximum Gasteiger partial charge on any atom is 0.168 e. The summed E-state index contributed by atoms with van der Waals surface area (Å²) in [6.45, 7) is 7.01. The normalized spacial score (nSPS) is 27.4. The third kappa shape index (κ3) is 2.40. The smallest absolute Gasteiger partial charge is 0.168 e. The van der Waals surface area contributed by atoms with E-state index in [2.05, 4.69) is 13.8 Å². The molecule has 0 aromatic rings. The molecule has 0 aromatic heterocycles. The van der Waals surface area contributed by atoms with Gasteiger partial charge in [0.05, 0.1) is 26.4 Å². The molecular formula is C12H22O4. The van der Waals surface area contributed by atoms with E-state index >= 15 is 0 Å².